The molecule has 1 amide bonds. The summed E-state index contributed by atoms with van der Waals surface area (Å²) in [5.74, 6) is 0.655. The van der Waals surface area contributed by atoms with Crippen molar-refractivity contribution in [2.24, 2.45) is 0 Å². The van der Waals surface area contributed by atoms with Crippen LogP contribution in [0.5, 0.6) is 0 Å². The number of rotatable bonds is 6. The Balaban J connectivity index is 1.49. The Kier molecular flexibility index (Phi) is 4.98. The molecular weight excluding hydrogens is 306 g/mol. The van der Waals surface area contributed by atoms with Crippen molar-refractivity contribution in [2.75, 3.05) is 11.9 Å². The fourth-order valence-corrected chi connectivity index (χ4v) is 2.20. The van der Waals surface area contributed by atoms with E-state index < -0.39 is 0 Å². The van der Waals surface area contributed by atoms with E-state index in [0.717, 1.165) is 16.8 Å². The number of ether oxygens (including phenoxy) is 1. The summed E-state index contributed by atoms with van der Waals surface area (Å²) in [4.78, 5) is 15.9. The highest BCUT2D eigenvalue weighted by molar-refractivity contribution is 5.91. The van der Waals surface area contributed by atoms with E-state index in [9.17, 15) is 4.79 Å². The lowest BCUT2D eigenvalue weighted by atomic mass is 10.1. The third kappa shape index (κ3) is 4.27. The summed E-state index contributed by atoms with van der Waals surface area (Å²) < 4.78 is 10.2. The average molecular weight is 323 g/mol. The zero-order valence-corrected chi connectivity index (χ0v) is 13.2. The summed E-state index contributed by atoms with van der Waals surface area (Å²) in [6.45, 7) is 1.75. The monoisotopic (exact) mass is 323 g/mol. The normalized spacial score (nSPS) is 10.5. The highest BCUT2D eigenvalue weighted by Crippen LogP contribution is 2.20. The van der Waals surface area contributed by atoms with Gasteiger partial charge in [0, 0.05) is 5.69 Å². The molecule has 0 radical (unpaired) electrons. The number of hydrogen-bond donors (Lipinski definition) is 1. The Bertz CT molecular complexity index is 798. The van der Waals surface area contributed by atoms with Crippen molar-refractivity contribution in [3.63, 3.8) is 0 Å². The zero-order valence-electron chi connectivity index (χ0n) is 13.2. The molecule has 0 saturated heterocycles. The van der Waals surface area contributed by atoms with Crippen LogP contribution < -0.4 is 5.32 Å². The third-order valence-corrected chi connectivity index (χ3v) is 3.30. The van der Waals surface area contributed by atoms with E-state index in [0.29, 0.717) is 11.7 Å². The van der Waals surface area contributed by atoms with E-state index in [1.54, 1.807) is 6.92 Å². The minimum Gasteiger partial charge on any atom is -0.362 e. The Hall–Kier alpha value is -2.99. The lowest BCUT2D eigenvalue weighted by Gasteiger charge is -2.07. The molecule has 1 heterocycles. The molecule has 0 unspecified atom stereocenters. The number of benzene rings is 2. The maximum absolute atomic E-state index is 11.9. The molecule has 3 rings (SSSR count). The van der Waals surface area contributed by atoms with Crippen LogP contribution in [0.3, 0.4) is 0 Å². The van der Waals surface area contributed by atoms with Crippen molar-refractivity contribution in [2.45, 2.75) is 13.5 Å². The first kappa shape index (κ1) is 15.9. The third-order valence-electron chi connectivity index (χ3n) is 3.30. The first-order valence-electron chi connectivity index (χ1n) is 7.53. The van der Waals surface area contributed by atoms with Gasteiger partial charge in [-0.3, -0.25) is 4.79 Å². The second-order valence-electron chi connectivity index (χ2n) is 5.22. The number of carbonyl (C=O) groups is 1. The van der Waals surface area contributed by atoms with Gasteiger partial charge in [0.2, 0.25) is 5.91 Å². The summed E-state index contributed by atoms with van der Waals surface area (Å²) in [5, 5.41) is 6.43. The lowest BCUT2D eigenvalue weighted by molar-refractivity contribution is -0.121. The topological polar surface area (TPSA) is 77.2 Å². The van der Waals surface area contributed by atoms with Crippen LogP contribution in [-0.2, 0) is 16.1 Å². The smallest absolute Gasteiger partial charge is 0.252 e. The van der Waals surface area contributed by atoms with E-state index in [1.807, 2.05) is 54.6 Å². The molecule has 0 atom stereocenters. The van der Waals surface area contributed by atoms with Crippen LogP contribution in [0.25, 0.3) is 11.1 Å². The van der Waals surface area contributed by atoms with Crippen molar-refractivity contribution in [1.82, 2.24) is 10.1 Å². The molecule has 122 valence electrons. The first-order valence-corrected chi connectivity index (χ1v) is 7.53. The van der Waals surface area contributed by atoms with Crippen LogP contribution >= 0.6 is 0 Å². The second kappa shape index (κ2) is 7.52. The predicted octanol–water partition coefficient (Wildman–Crippen LogP) is 3.20. The van der Waals surface area contributed by atoms with Gasteiger partial charge >= 0.3 is 0 Å². The van der Waals surface area contributed by atoms with Crippen LogP contribution in [0.4, 0.5) is 5.69 Å². The summed E-state index contributed by atoms with van der Waals surface area (Å²) in [6, 6.07) is 17.7. The van der Waals surface area contributed by atoms with Crippen molar-refractivity contribution >= 4 is 11.6 Å². The SMILES string of the molecule is Cc1noc(COCC(=O)Nc2ccc(-c3ccccc3)cc2)n1. The summed E-state index contributed by atoms with van der Waals surface area (Å²) in [5.41, 5.74) is 2.95. The molecule has 2 aromatic carbocycles. The summed E-state index contributed by atoms with van der Waals surface area (Å²) >= 11 is 0. The minimum absolute atomic E-state index is 0.0815. The van der Waals surface area contributed by atoms with E-state index in [4.69, 9.17) is 9.26 Å². The number of nitrogens with zero attached hydrogens (tertiary/aromatic N) is 2. The molecule has 3 aromatic rings. The molecule has 0 saturated carbocycles. The van der Waals surface area contributed by atoms with Gasteiger partial charge in [0.1, 0.15) is 13.2 Å². The molecule has 0 aliphatic heterocycles. The highest BCUT2D eigenvalue weighted by Gasteiger charge is 2.06. The van der Waals surface area contributed by atoms with E-state index in [-0.39, 0.29) is 19.1 Å². The number of anilines is 1. The van der Waals surface area contributed by atoms with Gasteiger partial charge in [-0.2, -0.15) is 4.98 Å². The van der Waals surface area contributed by atoms with Crippen LogP contribution in [0.1, 0.15) is 11.7 Å². The van der Waals surface area contributed by atoms with Gasteiger partial charge < -0.3 is 14.6 Å². The van der Waals surface area contributed by atoms with Gasteiger partial charge in [-0.1, -0.05) is 47.6 Å². The molecule has 0 bridgehead atoms. The number of carbonyl (C=O) groups excluding carboxylic acids is 1. The molecule has 1 aromatic heterocycles. The molecule has 0 aliphatic carbocycles. The van der Waals surface area contributed by atoms with Crippen molar-refractivity contribution in [1.29, 1.82) is 0 Å². The van der Waals surface area contributed by atoms with Crippen LogP contribution in [0.2, 0.25) is 0 Å². The van der Waals surface area contributed by atoms with Gasteiger partial charge in [-0.05, 0) is 30.2 Å². The zero-order chi connectivity index (χ0) is 16.8. The van der Waals surface area contributed by atoms with Crippen LogP contribution in [-0.4, -0.2) is 22.7 Å². The highest BCUT2D eigenvalue weighted by atomic mass is 16.5. The standard InChI is InChI=1S/C18H17N3O3/c1-13-19-18(24-21-13)12-23-11-17(22)20-16-9-7-15(8-10-16)14-5-3-2-4-6-14/h2-10H,11-12H2,1H3,(H,20,22). The maximum atomic E-state index is 11.9. The number of aromatic nitrogens is 2. The van der Waals surface area contributed by atoms with Gasteiger partial charge in [0.05, 0.1) is 0 Å². The number of amides is 1. The number of aryl methyl sites for hydroxylation is 1. The predicted molar refractivity (Wildman–Crippen MR) is 89.2 cm³/mol. The quantitative estimate of drug-likeness (QED) is 0.754. The van der Waals surface area contributed by atoms with Gasteiger partial charge in [0.25, 0.3) is 5.89 Å². The molecule has 0 fully saturated rings. The first-order chi connectivity index (χ1) is 11.7. The maximum Gasteiger partial charge on any atom is 0.252 e. The lowest BCUT2D eigenvalue weighted by Crippen LogP contribution is -2.18. The Morgan fingerprint density at radius 3 is 2.46 bits per heavy atom. The van der Waals surface area contributed by atoms with Crippen molar-refractivity contribution in [3.05, 3.63) is 66.3 Å². The molecule has 24 heavy (non-hydrogen) atoms. The molecular formula is C18H17N3O3. The summed E-state index contributed by atoms with van der Waals surface area (Å²) in [7, 11) is 0. The molecule has 6 nitrogen and oxygen atoms in total. The Morgan fingerprint density at radius 1 is 1.08 bits per heavy atom. The summed E-state index contributed by atoms with van der Waals surface area (Å²) in [6.07, 6.45) is 0. The van der Waals surface area contributed by atoms with Crippen LogP contribution in [0, 0.1) is 6.92 Å². The van der Waals surface area contributed by atoms with Gasteiger partial charge in [-0.15, -0.1) is 0 Å². The molecule has 1 N–H and O–H groups in total. The second-order valence-corrected chi connectivity index (χ2v) is 5.22. The molecule has 6 heteroatoms. The largest absolute Gasteiger partial charge is 0.362 e. The van der Waals surface area contributed by atoms with Crippen molar-refractivity contribution < 1.29 is 14.1 Å². The van der Waals surface area contributed by atoms with E-state index in [1.165, 1.54) is 0 Å². The minimum atomic E-state index is -0.237. The molecule has 0 spiro atoms. The fraction of sp³-hybridized carbons (Fsp3) is 0.167. The number of hydrogen-bond acceptors (Lipinski definition) is 5. The fourth-order valence-electron chi connectivity index (χ4n) is 2.20. The Morgan fingerprint density at radius 2 is 1.79 bits per heavy atom. The molecule has 0 aliphatic rings. The van der Waals surface area contributed by atoms with Crippen LogP contribution in [0.15, 0.2) is 59.1 Å². The Labute approximate surface area is 139 Å². The van der Waals surface area contributed by atoms with Gasteiger partial charge in [-0.25, -0.2) is 0 Å². The average Bonchev–Trinajstić information content (AvgIpc) is 3.02. The van der Waals surface area contributed by atoms with Gasteiger partial charge in [0.15, 0.2) is 5.82 Å². The van der Waals surface area contributed by atoms with E-state index in [2.05, 4.69) is 15.5 Å². The van der Waals surface area contributed by atoms with Crippen molar-refractivity contribution in [3.8, 4) is 11.1 Å². The number of nitrogens with one attached hydrogen (secondary N) is 1. The van der Waals surface area contributed by atoms with E-state index >= 15 is 0 Å².